The third kappa shape index (κ3) is 3.96. The number of amides is 1. The van der Waals surface area contributed by atoms with Crippen molar-refractivity contribution in [3.05, 3.63) is 28.2 Å². The summed E-state index contributed by atoms with van der Waals surface area (Å²) in [4.78, 5) is 23.3. The van der Waals surface area contributed by atoms with Crippen LogP contribution >= 0.6 is 0 Å². The van der Waals surface area contributed by atoms with Crippen molar-refractivity contribution in [2.45, 2.75) is 39.3 Å². The molecule has 0 aliphatic heterocycles. The van der Waals surface area contributed by atoms with Gasteiger partial charge in [0, 0.05) is 18.7 Å². The fourth-order valence-corrected chi connectivity index (χ4v) is 1.38. The summed E-state index contributed by atoms with van der Waals surface area (Å²) in [6, 6.07) is 2.39. The minimum Gasteiger partial charge on any atom is -0.394 e. The van der Waals surface area contributed by atoms with Crippen molar-refractivity contribution in [1.29, 1.82) is 0 Å². The molecule has 0 aliphatic rings. The molecule has 6 nitrogen and oxygen atoms in total. The van der Waals surface area contributed by atoms with Crippen LogP contribution in [0, 0.1) is 0 Å². The molecule has 0 fully saturated rings. The second-order valence-corrected chi connectivity index (χ2v) is 4.19. The van der Waals surface area contributed by atoms with Crippen LogP contribution in [0.3, 0.4) is 0 Å². The third-order valence-corrected chi connectivity index (χ3v) is 2.47. The molecule has 1 unspecified atom stereocenters. The van der Waals surface area contributed by atoms with Gasteiger partial charge in [0.1, 0.15) is 5.69 Å². The summed E-state index contributed by atoms with van der Waals surface area (Å²) in [5.41, 5.74) is -0.0267. The largest absolute Gasteiger partial charge is 0.394 e. The molecule has 18 heavy (non-hydrogen) atoms. The standard InChI is InChI=1S/C12H19N3O3/c1-3-4-7-15-11(17)6-5-10(14-15)12(18)13-9(2)8-16/h5-6,9,16H,3-4,7-8H2,1-2H3,(H,13,18). The van der Waals surface area contributed by atoms with Gasteiger partial charge in [-0.1, -0.05) is 13.3 Å². The lowest BCUT2D eigenvalue weighted by Gasteiger charge is -2.11. The van der Waals surface area contributed by atoms with Crippen molar-refractivity contribution >= 4 is 5.91 Å². The van der Waals surface area contributed by atoms with Crippen LogP contribution < -0.4 is 10.9 Å². The van der Waals surface area contributed by atoms with Crippen LogP contribution in [0.15, 0.2) is 16.9 Å². The van der Waals surface area contributed by atoms with Gasteiger partial charge in [-0.05, 0) is 19.4 Å². The Kier molecular flexibility index (Phi) is 5.51. The van der Waals surface area contributed by atoms with Crippen LogP contribution in [0.2, 0.25) is 0 Å². The van der Waals surface area contributed by atoms with E-state index in [0.29, 0.717) is 6.54 Å². The number of aryl methyl sites for hydroxylation is 1. The molecule has 0 bridgehead atoms. The molecule has 0 saturated heterocycles. The third-order valence-electron chi connectivity index (χ3n) is 2.47. The first-order valence-corrected chi connectivity index (χ1v) is 6.08. The first kappa shape index (κ1) is 14.4. The zero-order valence-corrected chi connectivity index (χ0v) is 10.7. The van der Waals surface area contributed by atoms with Crippen molar-refractivity contribution in [2.75, 3.05) is 6.61 Å². The van der Waals surface area contributed by atoms with Gasteiger partial charge in [-0.2, -0.15) is 5.10 Å². The normalized spacial score (nSPS) is 12.2. The van der Waals surface area contributed by atoms with E-state index in [1.807, 2.05) is 6.92 Å². The van der Waals surface area contributed by atoms with Gasteiger partial charge in [0.15, 0.2) is 0 Å². The van der Waals surface area contributed by atoms with Gasteiger partial charge in [-0.3, -0.25) is 9.59 Å². The lowest BCUT2D eigenvalue weighted by molar-refractivity contribution is 0.0914. The molecule has 1 amide bonds. The van der Waals surface area contributed by atoms with Crippen LogP contribution in [-0.2, 0) is 6.54 Å². The fraction of sp³-hybridized carbons (Fsp3) is 0.583. The van der Waals surface area contributed by atoms with Crippen molar-refractivity contribution in [3.63, 3.8) is 0 Å². The molecule has 1 rings (SSSR count). The van der Waals surface area contributed by atoms with Crippen LogP contribution in [0.4, 0.5) is 0 Å². The molecule has 0 spiro atoms. The number of rotatable bonds is 6. The SMILES string of the molecule is CCCCn1nc(C(=O)NC(C)CO)ccc1=O. The number of aliphatic hydroxyl groups excluding tert-OH is 1. The molecule has 1 heterocycles. The molecule has 0 aliphatic carbocycles. The predicted octanol–water partition coefficient (Wildman–Crippen LogP) is 0.154. The monoisotopic (exact) mass is 253 g/mol. The van der Waals surface area contributed by atoms with E-state index < -0.39 is 0 Å². The summed E-state index contributed by atoms with van der Waals surface area (Å²) in [6.45, 7) is 4.07. The van der Waals surface area contributed by atoms with Crippen LogP contribution in [0.5, 0.6) is 0 Å². The fourth-order valence-electron chi connectivity index (χ4n) is 1.38. The Hall–Kier alpha value is -1.69. The van der Waals surface area contributed by atoms with Crippen molar-refractivity contribution in [1.82, 2.24) is 15.1 Å². The van der Waals surface area contributed by atoms with Gasteiger partial charge in [0.2, 0.25) is 0 Å². The van der Waals surface area contributed by atoms with Gasteiger partial charge in [-0.25, -0.2) is 4.68 Å². The van der Waals surface area contributed by atoms with Crippen LogP contribution in [0.1, 0.15) is 37.2 Å². The molecule has 6 heteroatoms. The molecule has 0 aromatic carbocycles. The first-order valence-electron chi connectivity index (χ1n) is 6.08. The Bertz CT molecular complexity index is 456. The lowest BCUT2D eigenvalue weighted by atomic mass is 10.3. The number of carbonyl (C=O) groups excluding carboxylic acids is 1. The van der Waals surface area contributed by atoms with Gasteiger partial charge in [0.25, 0.3) is 11.5 Å². The minimum absolute atomic E-state index is 0.138. The van der Waals surface area contributed by atoms with E-state index in [9.17, 15) is 9.59 Å². The maximum absolute atomic E-state index is 11.8. The zero-order chi connectivity index (χ0) is 13.5. The highest BCUT2D eigenvalue weighted by atomic mass is 16.3. The maximum atomic E-state index is 11.8. The average Bonchev–Trinajstić information content (AvgIpc) is 2.37. The van der Waals surface area contributed by atoms with E-state index >= 15 is 0 Å². The van der Waals surface area contributed by atoms with Crippen molar-refractivity contribution < 1.29 is 9.90 Å². The van der Waals surface area contributed by atoms with Crippen LogP contribution in [0.25, 0.3) is 0 Å². The van der Waals surface area contributed by atoms with Crippen molar-refractivity contribution in [3.8, 4) is 0 Å². The van der Waals surface area contributed by atoms with Gasteiger partial charge in [-0.15, -0.1) is 0 Å². The highest BCUT2D eigenvalue weighted by molar-refractivity contribution is 5.92. The summed E-state index contributed by atoms with van der Waals surface area (Å²) in [6.07, 6.45) is 1.79. The molecule has 0 radical (unpaired) electrons. The topological polar surface area (TPSA) is 84.2 Å². The van der Waals surface area contributed by atoms with E-state index in [2.05, 4.69) is 10.4 Å². The highest BCUT2D eigenvalue weighted by Crippen LogP contribution is 1.95. The second kappa shape index (κ2) is 6.90. The van der Waals surface area contributed by atoms with E-state index in [-0.39, 0.29) is 29.8 Å². The number of hydrogen-bond donors (Lipinski definition) is 2. The average molecular weight is 253 g/mol. The summed E-state index contributed by atoms with van der Waals surface area (Å²) in [5, 5.41) is 15.4. The number of hydrogen-bond acceptors (Lipinski definition) is 4. The van der Waals surface area contributed by atoms with E-state index in [0.717, 1.165) is 12.8 Å². The Morgan fingerprint density at radius 1 is 1.56 bits per heavy atom. The number of nitrogens with one attached hydrogen (secondary N) is 1. The van der Waals surface area contributed by atoms with Gasteiger partial charge >= 0.3 is 0 Å². The van der Waals surface area contributed by atoms with Gasteiger partial charge < -0.3 is 10.4 Å². The lowest BCUT2D eigenvalue weighted by Crippen LogP contribution is -2.36. The number of nitrogens with zero attached hydrogens (tertiary/aromatic N) is 2. The molecule has 0 saturated carbocycles. The maximum Gasteiger partial charge on any atom is 0.272 e. The van der Waals surface area contributed by atoms with Crippen LogP contribution in [-0.4, -0.2) is 33.4 Å². The van der Waals surface area contributed by atoms with Gasteiger partial charge in [0.05, 0.1) is 6.61 Å². The molecular weight excluding hydrogens is 234 g/mol. The number of aliphatic hydroxyl groups is 1. The number of unbranched alkanes of at least 4 members (excludes halogenated alkanes) is 1. The molecule has 1 aromatic heterocycles. The summed E-state index contributed by atoms with van der Waals surface area (Å²) in [5.74, 6) is -0.387. The minimum atomic E-state index is -0.387. The Labute approximate surface area is 106 Å². The second-order valence-electron chi connectivity index (χ2n) is 4.19. The van der Waals surface area contributed by atoms with Crippen molar-refractivity contribution in [2.24, 2.45) is 0 Å². The number of aromatic nitrogens is 2. The smallest absolute Gasteiger partial charge is 0.272 e. The Morgan fingerprint density at radius 3 is 2.89 bits per heavy atom. The Balaban J connectivity index is 2.83. The molecule has 1 aromatic rings. The van der Waals surface area contributed by atoms with E-state index in [1.54, 1.807) is 6.92 Å². The molecular formula is C12H19N3O3. The predicted molar refractivity (Wildman–Crippen MR) is 67.4 cm³/mol. The summed E-state index contributed by atoms with van der Waals surface area (Å²) in [7, 11) is 0. The van der Waals surface area contributed by atoms with E-state index in [4.69, 9.17) is 5.11 Å². The summed E-state index contributed by atoms with van der Waals surface area (Å²) >= 11 is 0. The first-order chi connectivity index (χ1) is 8.58. The zero-order valence-electron chi connectivity index (χ0n) is 10.7. The summed E-state index contributed by atoms with van der Waals surface area (Å²) < 4.78 is 1.29. The number of carbonyl (C=O) groups is 1. The quantitative estimate of drug-likeness (QED) is 0.756. The Morgan fingerprint density at radius 2 is 2.28 bits per heavy atom. The molecule has 2 N–H and O–H groups in total. The molecule has 1 atom stereocenters. The highest BCUT2D eigenvalue weighted by Gasteiger charge is 2.11. The molecule has 100 valence electrons. The van der Waals surface area contributed by atoms with E-state index in [1.165, 1.54) is 16.8 Å².